The normalized spacial score (nSPS) is 10.7. The van der Waals surface area contributed by atoms with Crippen LogP contribution in [0.2, 0.25) is 5.02 Å². The molecule has 0 aliphatic carbocycles. The van der Waals surface area contributed by atoms with E-state index in [2.05, 4.69) is 31.3 Å². The van der Waals surface area contributed by atoms with Gasteiger partial charge in [-0.15, -0.1) is 5.10 Å². The zero-order valence-electron chi connectivity index (χ0n) is 12.4. The van der Waals surface area contributed by atoms with Crippen molar-refractivity contribution in [1.29, 1.82) is 0 Å². The first kappa shape index (κ1) is 16.6. The fraction of sp³-hybridized carbons (Fsp3) is 0.0625. The Labute approximate surface area is 150 Å². The molecule has 1 amide bonds. The second kappa shape index (κ2) is 6.70. The maximum atomic E-state index is 13.1. The standard InChI is InChI=1S/C16H11BrClFN4O/c1-9-20-15(22-23(9)12-5-2-10(18)3-6-12)16(24)21-14-7-4-11(19)8-13(14)17/h2-8H,1H3,(H,21,24). The molecule has 0 radical (unpaired) electrons. The lowest BCUT2D eigenvalue weighted by atomic mass is 10.3. The van der Waals surface area contributed by atoms with Crippen LogP contribution in [-0.2, 0) is 0 Å². The summed E-state index contributed by atoms with van der Waals surface area (Å²) in [6.07, 6.45) is 0. The maximum Gasteiger partial charge on any atom is 0.295 e. The summed E-state index contributed by atoms with van der Waals surface area (Å²) in [6.45, 7) is 1.74. The minimum atomic E-state index is -0.488. The summed E-state index contributed by atoms with van der Waals surface area (Å²) in [5.74, 6) is -0.321. The Kier molecular flexibility index (Phi) is 4.64. The molecule has 8 heteroatoms. The van der Waals surface area contributed by atoms with Crippen LogP contribution in [-0.4, -0.2) is 20.7 Å². The molecule has 122 valence electrons. The number of nitrogens with zero attached hydrogens (tertiary/aromatic N) is 3. The van der Waals surface area contributed by atoms with Gasteiger partial charge in [0, 0.05) is 9.50 Å². The summed E-state index contributed by atoms with van der Waals surface area (Å²) in [5, 5.41) is 7.46. The van der Waals surface area contributed by atoms with Crippen LogP contribution >= 0.6 is 27.5 Å². The Hall–Kier alpha value is -2.25. The zero-order chi connectivity index (χ0) is 17.3. The van der Waals surface area contributed by atoms with Gasteiger partial charge in [-0.2, -0.15) is 0 Å². The number of aryl methyl sites for hydroxylation is 1. The molecule has 24 heavy (non-hydrogen) atoms. The molecule has 0 spiro atoms. The van der Waals surface area contributed by atoms with E-state index in [1.54, 1.807) is 35.9 Å². The van der Waals surface area contributed by atoms with E-state index in [-0.39, 0.29) is 5.82 Å². The van der Waals surface area contributed by atoms with Gasteiger partial charge in [-0.25, -0.2) is 14.1 Å². The Morgan fingerprint density at radius 1 is 1.25 bits per heavy atom. The highest BCUT2D eigenvalue weighted by Crippen LogP contribution is 2.23. The monoisotopic (exact) mass is 408 g/mol. The van der Waals surface area contributed by atoms with E-state index in [1.807, 2.05) is 0 Å². The highest BCUT2D eigenvalue weighted by atomic mass is 79.9. The van der Waals surface area contributed by atoms with Crippen molar-refractivity contribution in [3.63, 3.8) is 0 Å². The second-order valence-corrected chi connectivity index (χ2v) is 6.24. The van der Waals surface area contributed by atoms with Gasteiger partial charge in [0.25, 0.3) is 5.91 Å². The van der Waals surface area contributed by atoms with Crippen molar-refractivity contribution in [2.45, 2.75) is 6.92 Å². The molecule has 0 atom stereocenters. The summed E-state index contributed by atoms with van der Waals surface area (Å²) in [7, 11) is 0. The number of carbonyl (C=O) groups is 1. The first-order valence-corrected chi connectivity index (χ1v) is 8.07. The minimum absolute atomic E-state index is 0.0127. The minimum Gasteiger partial charge on any atom is -0.318 e. The molecule has 1 heterocycles. The van der Waals surface area contributed by atoms with Crippen molar-refractivity contribution in [3.8, 4) is 5.69 Å². The number of aromatic nitrogens is 3. The third kappa shape index (κ3) is 3.47. The molecule has 5 nitrogen and oxygen atoms in total. The molecule has 0 bridgehead atoms. The summed E-state index contributed by atoms with van der Waals surface area (Å²) in [5.41, 5.74) is 1.17. The fourth-order valence-electron chi connectivity index (χ4n) is 2.08. The van der Waals surface area contributed by atoms with E-state index in [1.165, 1.54) is 18.2 Å². The first-order chi connectivity index (χ1) is 11.4. The van der Waals surface area contributed by atoms with E-state index in [0.717, 1.165) is 5.69 Å². The number of halogens is 3. The van der Waals surface area contributed by atoms with E-state index in [4.69, 9.17) is 11.6 Å². The van der Waals surface area contributed by atoms with Crippen LogP contribution in [0.1, 0.15) is 16.4 Å². The molecule has 1 N–H and O–H groups in total. The fourth-order valence-corrected chi connectivity index (χ4v) is 2.66. The Bertz CT molecular complexity index is 911. The number of benzene rings is 2. The van der Waals surface area contributed by atoms with Gasteiger partial charge in [0.15, 0.2) is 0 Å². The van der Waals surface area contributed by atoms with E-state index in [0.29, 0.717) is 21.0 Å². The van der Waals surface area contributed by atoms with Gasteiger partial charge in [-0.1, -0.05) is 11.6 Å². The predicted molar refractivity (Wildman–Crippen MR) is 93.2 cm³/mol. The topological polar surface area (TPSA) is 59.8 Å². The highest BCUT2D eigenvalue weighted by Gasteiger charge is 2.16. The van der Waals surface area contributed by atoms with E-state index in [9.17, 15) is 9.18 Å². The van der Waals surface area contributed by atoms with Crippen molar-refractivity contribution < 1.29 is 9.18 Å². The molecule has 0 aliphatic heterocycles. The Morgan fingerprint density at radius 3 is 2.62 bits per heavy atom. The van der Waals surface area contributed by atoms with E-state index >= 15 is 0 Å². The van der Waals surface area contributed by atoms with Crippen molar-refractivity contribution in [2.75, 3.05) is 5.32 Å². The Morgan fingerprint density at radius 2 is 1.96 bits per heavy atom. The summed E-state index contributed by atoms with van der Waals surface area (Å²) in [4.78, 5) is 16.5. The van der Waals surface area contributed by atoms with Gasteiger partial charge < -0.3 is 5.32 Å². The predicted octanol–water partition coefficient (Wildman–Crippen LogP) is 4.38. The smallest absolute Gasteiger partial charge is 0.295 e. The second-order valence-electron chi connectivity index (χ2n) is 4.95. The molecule has 3 rings (SSSR count). The average Bonchev–Trinajstić information content (AvgIpc) is 2.93. The lowest BCUT2D eigenvalue weighted by Gasteiger charge is -2.05. The summed E-state index contributed by atoms with van der Waals surface area (Å²) in [6, 6.07) is 11.0. The van der Waals surface area contributed by atoms with Gasteiger partial charge >= 0.3 is 0 Å². The van der Waals surface area contributed by atoms with Gasteiger partial charge in [0.05, 0.1) is 11.4 Å². The number of amides is 1. The van der Waals surface area contributed by atoms with Crippen molar-refractivity contribution in [3.05, 3.63) is 69.4 Å². The molecule has 0 aliphatic rings. The lowest BCUT2D eigenvalue weighted by Crippen LogP contribution is -2.14. The molecule has 0 saturated heterocycles. The van der Waals surface area contributed by atoms with Crippen molar-refractivity contribution >= 4 is 39.1 Å². The van der Waals surface area contributed by atoms with Gasteiger partial charge in [0.1, 0.15) is 11.6 Å². The molecule has 0 unspecified atom stereocenters. The van der Waals surface area contributed by atoms with Gasteiger partial charge in [-0.05, 0) is 65.3 Å². The first-order valence-electron chi connectivity index (χ1n) is 6.90. The van der Waals surface area contributed by atoms with E-state index < -0.39 is 11.7 Å². The summed E-state index contributed by atoms with van der Waals surface area (Å²) < 4.78 is 15.1. The number of carbonyl (C=O) groups excluding carboxylic acids is 1. The highest BCUT2D eigenvalue weighted by molar-refractivity contribution is 9.10. The molecule has 3 aromatic rings. The number of anilines is 1. The van der Waals surface area contributed by atoms with Gasteiger partial charge in [0.2, 0.25) is 5.82 Å². The van der Waals surface area contributed by atoms with Crippen LogP contribution in [0, 0.1) is 12.7 Å². The lowest BCUT2D eigenvalue weighted by molar-refractivity contribution is 0.101. The van der Waals surface area contributed by atoms with Crippen molar-refractivity contribution in [2.24, 2.45) is 0 Å². The molecule has 2 aromatic carbocycles. The Balaban J connectivity index is 1.86. The third-order valence-corrected chi connectivity index (χ3v) is 4.13. The molecular weight excluding hydrogens is 399 g/mol. The molecule has 0 saturated carbocycles. The maximum absolute atomic E-state index is 13.1. The SMILES string of the molecule is Cc1nc(C(=O)Nc2ccc(F)cc2Br)nn1-c1ccc(Cl)cc1. The quantitative estimate of drug-likeness (QED) is 0.698. The molecule has 1 aromatic heterocycles. The molecule has 0 fully saturated rings. The number of nitrogens with one attached hydrogen (secondary N) is 1. The van der Waals surface area contributed by atoms with Crippen LogP contribution in [0.4, 0.5) is 10.1 Å². The third-order valence-electron chi connectivity index (χ3n) is 3.22. The van der Waals surface area contributed by atoms with Crippen LogP contribution in [0.3, 0.4) is 0 Å². The largest absolute Gasteiger partial charge is 0.318 e. The van der Waals surface area contributed by atoms with Crippen LogP contribution in [0.15, 0.2) is 46.9 Å². The average molecular weight is 410 g/mol. The van der Waals surface area contributed by atoms with Crippen LogP contribution in [0.25, 0.3) is 5.69 Å². The number of hydrogen-bond donors (Lipinski definition) is 1. The zero-order valence-corrected chi connectivity index (χ0v) is 14.8. The molecular formula is C16H11BrClFN4O. The summed E-state index contributed by atoms with van der Waals surface area (Å²) >= 11 is 9.07. The van der Waals surface area contributed by atoms with Crippen LogP contribution < -0.4 is 5.32 Å². The van der Waals surface area contributed by atoms with Gasteiger partial charge in [-0.3, -0.25) is 4.79 Å². The van der Waals surface area contributed by atoms with Crippen LogP contribution in [0.5, 0.6) is 0 Å². The number of rotatable bonds is 3. The number of hydrogen-bond acceptors (Lipinski definition) is 3. The van der Waals surface area contributed by atoms with Crippen molar-refractivity contribution in [1.82, 2.24) is 14.8 Å².